The van der Waals surface area contributed by atoms with E-state index in [1.54, 1.807) is 12.1 Å². The van der Waals surface area contributed by atoms with Gasteiger partial charge in [-0.2, -0.15) is 0 Å². The van der Waals surface area contributed by atoms with E-state index < -0.39 is 5.91 Å². The molecule has 2 aromatic heterocycles. The number of pyridine rings is 1. The number of benzene rings is 1. The summed E-state index contributed by atoms with van der Waals surface area (Å²) in [5, 5.41) is 10.3. The second-order valence-electron chi connectivity index (χ2n) is 3.93. The molecule has 2 heterocycles. The Morgan fingerprint density at radius 3 is 2.75 bits per heavy atom. The van der Waals surface area contributed by atoms with Crippen LogP contribution >= 0.6 is 11.3 Å². The van der Waals surface area contributed by atoms with Crippen molar-refractivity contribution in [2.24, 2.45) is 5.73 Å². The predicted molar refractivity (Wildman–Crippen MR) is 74.1 cm³/mol. The number of hydrogen-bond donors (Lipinski definition) is 2. The molecule has 0 bridgehead atoms. The molecule has 1 amide bonds. The van der Waals surface area contributed by atoms with E-state index in [2.05, 4.69) is 9.97 Å². The number of fused-ring (bicyclic) bond motifs is 1. The van der Waals surface area contributed by atoms with E-state index in [1.165, 1.54) is 6.20 Å². The number of aromatic hydroxyl groups is 1. The van der Waals surface area contributed by atoms with Crippen LogP contribution in [0, 0.1) is 0 Å². The molecule has 7 heteroatoms. The maximum Gasteiger partial charge on any atom is 0.280 e. The number of aromatic nitrogens is 2. The molecule has 0 saturated heterocycles. The van der Waals surface area contributed by atoms with Crippen LogP contribution in [-0.4, -0.2) is 21.0 Å². The van der Waals surface area contributed by atoms with Crippen molar-refractivity contribution >= 4 is 27.5 Å². The largest absolute Gasteiger partial charge is 0.504 e. The Labute approximate surface area is 117 Å². The normalized spacial score (nSPS) is 10.6. The molecule has 100 valence electrons. The average Bonchev–Trinajstić information content (AvgIpc) is 2.83. The first-order valence-electron chi connectivity index (χ1n) is 5.66. The molecule has 0 aliphatic rings. The smallest absolute Gasteiger partial charge is 0.280 e. The lowest BCUT2D eigenvalue weighted by Gasteiger charge is -1.99. The lowest BCUT2D eigenvalue weighted by Crippen LogP contribution is -2.12. The molecule has 3 N–H and O–H groups in total. The maximum atomic E-state index is 11.1. The van der Waals surface area contributed by atoms with Crippen LogP contribution in [0.15, 0.2) is 36.5 Å². The zero-order valence-corrected chi connectivity index (χ0v) is 10.9. The lowest BCUT2D eigenvalue weighted by molar-refractivity contribution is 0.0993. The van der Waals surface area contributed by atoms with Gasteiger partial charge in [0.15, 0.2) is 11.4 Å². The Morgan fingerprint density at radius 1 is 1.30 bits per heavy atom. The SMILES string of the molecule is NC(=O)c1ncc2nc(Oc3ccccc3)sc2c1O. The van der Waals surface area contributed by atoms with E-state index in [0.29, 0.717) is 21.2 Å². The van der Waals surface area contributed by atoms with Crippen molar-refractivity contribution in [2.75, 3.05) is 0 Å². The van der Waals surface area contributed by atoms with E-state index >= 15 is 0 Å². The van der Waals surface area contributed by atoms with Gasteiger partial charge in [-0.25, -0.2) is 9.97 Å². The van der Waals surface area contributed by atoms with Crippen molar-refractivity contribution < 1.29 is 14.6 Å². The van der Waals surface area contributed by atoms with Crippen molar-refractivity contribution in [1.29, 1.82) is 0 Å². The quantitative estimate of drug-likeness (QED) is 0.770. The molecule has 0 spiro atoms. The third-order valence-electron chi connectivity index (χ3n) is 2.57. The topological polar surface area (TPSA) is 98.3 Å². The fourth-order valence-corrected chi connectivity index (χ4v) is 2.53. The van der Waals surface area contributed by atoms with Crippen LogP contribution in [0.2, 0.25) is 0 Å². The van der Waals surface area contributed by atoms with Gasteiger partial charge in [0, 0.05) is 0 Å². The number of nitrogens with zero attached hydrogens (tertiary/aromatic N) is 2. The first kappa shape index (κ1) is 12.4. The van der Waals surface area contributed by atoms with Crippen LogP contribution < -0.4 is 10.5 Å². The van der Waals surface area contributed by atoms with Gasteiger partial charge in [0.05, 0.1) is 6.20 Å². The van der Waals surface area contributed by atoms with Crippen LogP contribution in [0.25, 0.3) is 10.2 Å². The van der Waals surface area contributed by atoms with E-state index in [9.17, 15) is 9.90 Å². The molecule has 0 fully saturated rings. The summed E-state index contributed by atoms with van der Waals surface area (Å²) >= 11 is 1.12. The summed E-state index contributed by atoms with van der Waals surface area (Å²) in [4.78, 5) is 19.1. The molecule has 3 rings (SSSR count). The zero-order chi connectivity index (χ0) is 14.1. The van der Waals surface area contributed by atoms with Crippen LogP contribution in [0.1, 0.15) is 10.5 Å². The number of ether oxygens (including phenoxy) is 1. The number of para-hydroxylation sites is 1. The second kappa shape index (κ2) is 4.78. The minimum absolute atomic E-state index is 0.174. The molecule has 20 heavy (non-hydrogen) atoms. The number of nitrogens with two attached hydrogens (primary N) is 1. The number of carbonyl (C=O) groups excluding carboxylic acids is 1. The summed E-state index contributed by atoms with van der Waals surface area (Å²) in [6.45, 7) is 0. The molecule has 0 unspecified atom stereocenters. The van der Waals surface area contributed by atoms with Crippen LogP contribution in [0.4, 0.5) is 0 Å². The molecule has 3 aromatic rings. The standard InChI is InChI=1S/C13H9N3O3S/c14-12(18)9-10(17)11-8(6-15-9)16-13(20-11)19-7-4-2-1-3-5-7/h1-6,17H,(H2,14,18). The van der Waals surface area contributed by atoms with Crippen molar-refractivity contribution in [1.82, 2.24) is 9.97 Å². The molecular formula is C13H9N3O3S. The molecule has 1 aromatic carbocycles. The predicted octanol–water partition coefficient (Wildman–Crippen LogP) is 2.29. The molecule has 6 nitrogen and oxygen atoms in total. The lowest BCUT2D eigenvalue weighted by atomic mass is 10.3. The van der Waals surface area contributed by atoms with Gasteiger partial charge in [-0.3, -0.25) is 4.79 Å². The van der Waals surface area contributed by atoms with Crippen molar-refractivity contribution in [3.8, 4) is 16.7 Å². The summed E-state index contributed by atoms with van der Waals surface area (Å²) in [7, 11) is 0. The van der Waals surface area contributed by atoms with Gasteiger partial charge in [-0.05, 0) is 12.1 Å². The summed E-state index contributed by atoms with van der Waals surface area (Å²) < 4.78 is 5.99. The molecule has 0 radical (unpaired) electrons. The van der Waals surface area contributed by atoms with Gasteiger partial charge in [-0.15, -0.1) is 0 Å². The number of thiazole rings is 1. The van der Waals surface area contributed by atoms with Crippen LogP contribution in [-0.2, 0) is 0 Å². The Morgan fingerprint density at radius 2 is 2.05 bits per heavy atom. The fraction of sp³-hybridized carbons (Fsp3) is 0. The maximum absolute atomic E-state index is 11.1. The Bertz CT molecular complexity index is 786. The number of carbonyl (C=O) groups is 1. The molecule has 0 aliphatic carbocycles. The average molecular weight is 287 g/mol. The highest BCUT2D eigenvalue weighted by atomic mass is 32.1. The highest BCUT2D eigenvalue weighted by molar-refractivity contribution is 7.20. The van der Waals surface area contributed by atoms with E-state index in [1.807, 2.05) is 18.2 Å². The number of amides is 1. The van der Waals surface area contributed by atoms with Crippen molar-refractivity contribution in [3.63, 3.8) is 0 Å². The van der Waals surface area contributed by atoms with Gasteiger partial charge in [0.2, 0.25) is 0 Å². The third kappa shape index (κ3) is 2.14. The minimum Gasteiger partial charge on any atom is -0.504 e. The number of hydrogen-bond acceptors (Lipinski definition) is 6. The Kier molecular flexibility index (Phi) is 2.96. The highest BCUT2D eigenvalue weighted by Crippen LogP contribution is 2.37. The summed E-state index contributed by atoms with van der Waals surface area (Å²) in [5.41, 5.74) is 5.40. The number of primary amides is 1. The second-order valence-corrected chi connectivity index (χ2v) is 4.89. The van der Waals surface area contributed by atoms with Crippen molar-refractivity contribution in [2.45, 2.75) is 0 Å². The van der Waals surface area contributed by atoms with E-state index in [-0.39, 0.29) is 11.4 Å². The van der Waals surface area contributed by atoms with E-state index in [0.717, 1.165) is 11.3 Å². The van der Waals surface area contributed by atoms with E-state index in [4.69, 9.17) is 10.5 Å². The van der Waals surface area contributed by atoms with Gasteiger partial charge in [-0.1, -0.05) is 29.5 Å². The zero-order valence-electron chi connectivity index (χ0n) is 10.1. The monoisotopic (exact) mass is 287 g/mol. The molecule has 0 saturated carbocycles. The van der Waals surface area contributed by atoms with Crippen molar-refractivity contribution in [3.05, 3.63) is 42.2 Å². The van der Waals surface area contributed by atoms with Gasteiger partial charge in [0.25, 0.3) is 11.1 Å². The fourth-order valence-electron chi connectivity index (χ4n) is 1.68. The third-order valence-corrected chi connectivity index (χ3v) is 3.53. The Balaban J connectivity index is 2.03. The van der Waals surface area contributed by atoms with Crippen LogP contribution in [0.5, 0.6) is 16.7 Å². The van der Waals surface area contributed by atoms with Gasteiger partial charge in [0.1, 0.15) is 16.0 Å². The van der Waals surface area contributed by atoms with Crippen LogP contribution in [0.3, 0.4) is 0 Å². The Hall–Kier alpha value is -2.67. The van der Waals surface area contributed by atoms with Gasteiger partial charge >= 0.3 is 0 Å². The molecular weight excluding hydrogens is 278 g/mol. The number of rotatable bonds is 3. The highest BCUT2D eigenvalue weighted by Gasteiger charge is 2.17. The molecule has 0 atom stereocenters. The van der Waals surface area contributed by atoms with Gasteiger partial charge < -0.3 is 15.6 Å². The summed E-state index contributed by atoms with van der Waals surface area (Å²) in [5.74, 6) is -0.423. The minimum atomic E-state index is -0.789. The first-order chi connectivity index (χ1) is 9.65. The molecule has 0 aliphatic heterocycles. The summed E-state index contributed by atoms with van der Waals surface area (Å²) in [6.07, 6.45) is 1.38. The summed E-state index contributed by atoms with van der Waals surface area (Å²) in [6, 6.07) is 9.14. The first-order valence-corrected chi connectivity index (χ1v) is 6.48.